The minimum absolute atomic E-state index is 0.100. The van der Waals surface area contributed by atoms with Crippen molar-refractivity contribution < 1.29 is 18.4 Å². The molecule has 3 aromatic rings. The van der Waals surface area contributed by atoms with Gasteiger partial charge in [0.25, 0.3) is 11.8 Å². The van der Waals surface area contributed by atoms with Crippen LogP contribution >= 0.6 is 0 Å². The van der Waals surface area contributed by atoms with E-state index in [9.17, 15) is 14.0 Å². The zero-order valence-electron chi connectivity index (χ0n) is 14.1. The molecule has 1 aromatic heterocycles. The van der Waals surface area contributed by atoms with Gasteiger partial charge in [-0.2, -0.15) is 0 Å². The molecule has 0 bridgehead atoms. The fourth-order valence-corrected chi connectivity index (χ4v) is 2.87. The van der Waals surface area contributed by atoms with Crippen molar-refractivity contribution >= 4 is 28.5 Å². The molecule has 0 spiro atoms. The van der Waals surface area contributed by atoms with Crippen LogP contribution in [0.5, 0.6) is 0 Å². The SMILES string of the molecule is Cc1c(C(=O)Nc2ccccc2C(=O)NC2CC2)oc2ccc(F)cc12. The number of carbonyl (C=O) groups excluding carboxylic acids is 2. The summed E-state index contributed by atoms with van der Waals surface area (Å²) in [6, 6.07) is 11.1. The molecule has 1 aliphatic rings. The summed E-state index contributed by atoms with van der Waals surface area (Å²) >= 11 is 0. The Hall–Kier alpha value is -3.15. The second-order valence-electron chi connectivity index (χ2n) is 6.44. The van der Waals surface area contributed by atoms with Crippen LogP contribution in [0.1, 0.15) is 39.3 Å². The molecule has 132 valence electrons. The van der Waals surface area contributed by atoms with Crippen LogP contribution in [0.2, 0.25) is 0 Å². The summed E-state index contributed by atoms with van der Waals surface area (Å²) in [6.07, 6.45) is 1.96. The lowest BCUT2D eigenvalue weighted by atomic mass is 10.1. The van der Waals surface area contributed by atoms with E-state index in [1.54, 1.807) is 31.2 Å². The molecule has 2 aromatic carbocycles. The number of amides is 2. The van der Waals surface area contributed by atoms with Crippen LogP contribution in [-0.2, 0) is 0 Å². The van der Waals surface area contributed by atoms with Crippen LogP contribution in [0.25, 0.3) is 11.0 Å². The van der Waals surface area contributed by atoms with Crippen molar-refractivity contribution in [3.05, 3.63) is 65.2 Å². The minimum atomic E-state index is -0.481. The van der Waals surface area contributed by atoms with E-state index in [1.807, 2.05) is 0 Å². The predicted octanol–water partition coefficient (Wildman–Crippen LogP) is 4.02. The van der Waals surface area contributed by atoms with Crippen molar-refractivity contribution in [2.75, 3.05) is 5.32 Å². The first-order chi connectivity index (χ1) is 12.5. The maximum atomic E-state index is 13.4. The van der Waals surface area contributed by atoms with E-state index in [-0.39, 0.29) is 17.7 Å². The van der Waals surface area contributed by atoms with Gasteiger partial charge in [0.2, 0.25) is 0 Å². The quantitative estimate of drug-likeness (QED) is 0.745. The molecular formula is C20H17FN2O3. The van der Waals surface area contributed by atoms with E-state index >= 15 is 0 Å². The first kappa shape index (κ1) is 16.3. The molecule has 1 heterocycles. The number of hydrogen-bond donors (Lipinski definition) is 2. The minimum Gasteiger partial charge on any atom is -0.451 e. The van der Waals surface area contributed by atoms with Crippen molar-refractivity contribution in [1.29, 1.82) is 0 Å². The Balaban J connectivity index is 1.62. The molecule has 26 heavy (non-hydrogen) atoms. The summed E-state index contributed by atoms with van der Waals surface area (Å²) in [5.41, 5.74) is 1.79. The van der Waals surface area contributed by atoms with Gasteiger partial charge in [-0.3, -0.25) is 9.59 Å². The van der Waals surface area contributed by atoms with Gasteiger partial charge in [-0.05, 0) is 50.1 Å². The highest BCUT2D eigenvalue weighted by Gasteiger charge is 2.25. The molecule has 0 unspecified atom stereocenters. The van der Waals surface area contributed by atoms with Crippen LogP contribution in [0.15, 0.2) is 46.9 Å². The van der Waals surface area contributed by atoms with E-state index in [1.165, 1.54) is 18.2 Å². The smallest absolute Gasteiger partial charge is 0.291 e. The molecule has 0 aliphatic heterocycles. The van der Waals surface area contributed by atoms with E-state index in [0.29, 0.717) is 27.8 Å². The molecular weight excluding hydrogens is 335 g/mol. The number of nitrogens with one attached hydrogen (secondary N) is 2. The third-order valence-electron chi connectivity index (χ3n) is 4.44. The third-order valence-corrected chi connectivity index (χ3v) is 4.44. The number of para-hydroxylation sites is 1. The normalized spacial score (nSPS) is 13.6. The Morgan fingerprint density at radius 3 is 2.65 bits per heavy atom. The third kappa shape index (κ3) is 3.06. The van der Waals surface area contributed by atoms with Gasteiger partial charge < -0.3 is 15.1 Å². The Kier molecular flexibility index (Phi) is 3.95. The fraction of sp³-hybridized carbons (Fsp3) is 0.200. The lowest BCUT2D eigenvalue weighted by molar-refractivity contribution is 0.0952. The van der Waals surface area contributed by atoms with Gasteiger partial charge >= 0.3 is 0 Å². The highest BCUT2D eigenvalue weighted by atomic mass is 19.1. The molecule has 0 atom stereocenters. The van der Waals surface area contributed by atoms with Crippen LogP contribution in [0, 0.1) is 12.7 Å². The summed E-state index contributed by atoms with van der Waals surface area (Å²) < 4.78 is 19.0. The number of aryl methyl sites for hydroxylation is 1. The summed E-state index contributed by atoms with van der Waals surface area (Å²) in [7, 11) is 0. The van der Waals surface area contributed by atoms with Gasteiger partial charge in [-0.15, -0.1) is 0 Å². The number of furan rings is 1. The highest BCUT2D eigenvalue weighted by molar-refractivity contribution is 6.10. The lowest BCUT2D eigenvalue weighted by Crippen LogP contribution is -2.27. The fourth-order valence-electron chi connectivity index (χ4n) is 2.87. The summed E-state index contributed by atoms with van der Waals surface area (Å²) in [4.78, 5) is 25.0. The maximum Gasteiger partial charge on any atom is 0.291 e. The van der Waals surface area contributed by atoms with Gasteiger partial charge in [0.15, 0.2) is 5.76 Å². The Morgan fingerprint density at radius 2 is 1.88 bits per heavy atom. The van der Waals surface area contributed by atoms with E-state index < -0.39 is 11.7 Å². The maximum absolute atomic E-state index is 13.4. The number of benzene rings is 2. The monoisotopic (exact) mass is 352 g/mol. The first-order valence-electron chi connectivity index (χ1n) is 8.43. The first-order valence-corrected chi connectivity index (χ1v) is 8.43. The van der Waals surface area contributed by atoms with Crippen molar-refractivity contribution in [2.45, 2.75) is 25.8 Å². The highest BCUT2D eigenvalue weighted by Crippen LogP contribution is 2.27. The zero-order valence-corrected chi connectivity index (χ0v) is 14.1. The zero-order chi connectivity index (χ0) is 18.3. The molecule has 1 saturated carbocycles. The summed E-state index contributed by atoms with van der Waals surface area (Å²) in [5.74, 6) is -0.990. The topological polar surface area (TPSA) is 71.3 Å². The molecule has 5 nitrogen and oxygen atoms in total. The lowest BCUT2D eigenvalue weighted by Gasteiger charge is -2.10. The van der Waals surface area contributed by atoms with Crippen molar-refractivity contribution in [1.82, 2.24) is 5.32 Å². The second kappa shape index (κ2) is 6.29. The molecule has 6 heteroatoms. The molecule has 0 saturated heterocycles. The van der Waals surface area contributed by atoms with Crippen LogP contribution in [0.4, 0.5) is 10.1 Å². The van der Waals surface area contributed by atoms with Gasteiger partial charge in [0.1, 0.15) is 11.4 Å². The second-order valence-corrected chi connectivity index (χ2v) is 6.44. The average molecular weight is 352 g/mol. The largest absolute Gasteiger partial charge is 0.451 e. The summed E-state index contributed by atoms with van der Waals surface area (Å²) in [6.45, 7) is 1.70. The number of anilines is 1. The Labute approximate surface area is 149 Å². The molecule has 0 radical (unpaired) electrons. The van der Waals surface area contributed by atoms with E-state index in [2.05, 4.69) is 10.6 Å². The predicted molar refractivity (Wildman–Crippen MR) is 95.8 cm³/mol. The molecule has 1 aliphatic carbocycles. The summed E-state index contributed by atoms with van der Waals surface area (Å²) in [5, 5.41) is 6.19. The van der Waals surface area contributed by atoms with Crippen LogP contribution in [-0.4, -0.2) is 17.9 Å². The van der Waals surface area contributed by atoms with Crippen LogP contribution in [0.3, 0.4) is 0 Å². The number of fused-ring (bicyclic) bond motifs is 1. The van der Waals surface area contributed by atoms with E-state index in [0.717, 1.165) is 12.8 Å². The average Bonchev–Trinajstić information content (AvgIpc) is 3.38. The van der Waals surface area contributed by atoms with Crippen LogP contribution < -0.4 is 10.6 Å². The van der Waals surface area contributed by atoms with E-state index in [4.69, 9.17) is 4.42 Å². The molecule has 2 N–H and O–H groups in total. The number of carbonyl (C=O) groups is 2. The van der Waals surface area contributed by atoms with Crippen molar-refractivity contribution in [3.8, 4) is 0 Å². The number of hydrogen-bond acceptors (Lipinski definition) is 3. The van der Waals surface area contributed by atoms with Gasteiger partial charge in [0.05, 0.1) is 11.3 Å². The molecule has 4 rings (SSSR count). The Morgan fingerprint density at radius 1 is 1.12 bits per heavy atom. The molecule has 2 amide bonds. The number of rotatable bonds is 4. The van der Waals surface area contributed by atoms with Gasteiger partial charge in [0, 0.05) is 17.0 Å². The van der Waals surface area contributed by atoms with Crippen molar-refractivity contribution in [3.63, 3.8) is 0 Å². The standard InChI is InChI=1S/C20H17FN2O3/c1-11-15-10-12(21)6-9-17(15)26-18(11)20(25)23-16-5-3-2-4-14(16)19(24)22-13-7-8-13/h2-6,9-10,13H,7-8H2,1H3,(H,22,24)(H,23,25). The van der Waals surface area contributed by atoms with Gasteiger partial charge in [-0.1, -0.05) is 12.1 Å². The Bertz CT molecular complexity index is 1020. The van der Waals surface area contributed by atoms with Crippen molar-refractivity contribution in [2.24, 2.45) is 0 Å². The number of halogens is 1. The van der Waals surface area contributed by atoms with Gasteiger partial charge in [-0.25, -0.2) is 4.39 Å². The molecule has 1 fully saturated rings.